The number of furan rings is 1. The second-order valence-corrected chi connectivity index (χ2v) is 6.44. The number of aromatic nitrogens is 4. The van der Waals surface area contributed by atoms with Crippen LogP contribution in [0.15, 0.2) is 47.3 Å². The van der Waals surface area contributed by atoms with Gasteiger partial charge in [-0.2, -0.15) is 0 Å². The number of hydrogen-bond donors (Lipinski definition) is 1. The molecule has 1 saturated heterocycles. The van der Waals surface area contributed by atoms with E-state index in [2.05, 4.69) is 35.1 Å². The van der Waals surface area contributed by atoms with E-state index in [0.29, 0.717) is 23.8 Å². The highest BCUT2D eigenvalue weighted by molar-refractivity contribution is 5.92. The Kier molecular flexibility index (Phi) is 5.14. The summed E-state index contributed by atoms with van der Waals surface area (Å²) in [5.74, 6) is 2.50. The molecule has 0 aromatic carbocycles. The van der Waals surface area contributed by atoms with Crippen molar-refractivity contribution >= 4 is 17.7 Å². The summed E-state index contributed by atoms with van der Waals surface area (Å²) in [6.07, 6.45) is 5.07. The van der Waals surface area contributed by atoms with Gasteiger partial charge in [-0.25, -0.2) is 19.9 Å². The number of rotatable bonds is 5. The molecule has 0 saturated carbocycles. The molecule has 28 heavy (non-hydrogen) atoms. The molecule has 144 valence electrons. The van der Waals surface area contributed by atoms with Crippen molar-refractivity contribution < 1.29 is 9.21 Å². The molecule has 0 unspecified atom stereocenters. The summed E-state index contributed by atoms with van der Waals surface area (Å²) >= 11 is 0. The number of carbonyl (C=O) groups is 1. The first-order valence-corrected chi connectivity index (χ1v) is 9.12. The molecule has 4 rings (SSSR count). The van der Waals surface area contributed by atoms with Crippen LogP contribution in [0.3, 0.4) is 0 Å². The normalized spacial score (nSPS) is 14.2. The van der Waals surface area contributed by atoms with Crippen molar-refractivity contribution in [3.63, 3.8) is 0 Å². The zero-order valence-electron chi connectivity index (χ0n) is 15.6. The summed E-state index contributed by atoms with van der Waals surface area (Å²) in [7, 11) is 0. The lowest BCUT2D eigenvalue weighted by Crippen LogP contribution is -2.47. The summed E-state index contributed by atoms with van der Waals surface area (Å²) in [5.41, 5.74) is 0.350. The number of nitrogens with one attached hydrogen (secondary N) is 1. The Morgan fingerprint density at radius 1 is 1.11 bits per heavy atom. The van der Waals surface area contributed by atoms with Gasteiger partial charge in [0.1, 0.15) is 23.1 Å². The molecule has 4 heterocycles. The Hall–Kier alpha value is -3.49. The molecular weight excluding hydrogens is 358 g/mol. The van der Waals surface area contributed by atoms with E-state index < -0.39 is 0 Å². The summed E-state index contributed by atoms with van der Waals surface area (Å²) in [6.45, 7) is 5.21. The van der Waals surface area contributed by atoms with Crippen LogP contribution in [0.25, 0.3) is 0 Å². The SMILES string of the molecule is Cc1nc(C(=O)NCc2ccco2)cc(N2CCN(c3ncccn3)CC2)n1. The van der Waals surface area contributed by atoms with Gasteiger partial charge < -0.3 is 19.5 Å². The van der Waals surface area contributed by atoms with E-state index in [9.17, 15) is 4.79 Å². The number of nitrogens with zero attached hydrogens (tertiary/aromatic N) is 6. The fourth-order valence-electron chi connectivity index (χ4n) is 3.09. The Labute approximate surface area is 162 Å². The quantitative estimate of drug-likeness (QED) is 0.710. The van der Waals surface area contributed by atoms with Crippen molar-refractivity contribution in [2.45, 2.75) is 13.5 Å². The maximum Gasteiger partial charge on any atom is 0.270 e. The van der Waals surface area contributed by atoms with Crippen LogP contribution < -0.4 is 15.1 Å². The van der Waals surface area contributed by atoms with E-state index in [-0.39, 0.29) is 5.91 Å². The third kappa shape index (κ3) is 4.08. The van der Waals surface area contributed by atoms with Crippen LogP contribution in [0.5, 0.6) is 0 Å². The van der Waals surface area contributed by atoms with Crippen molar-refractivity contribution in [1.29, 1.82) is 0 Å². The summed E-state index contributed by atoms with van der Waals surface area (Å²) in [4.78, 5) is 34.2. The van der Waals surface area contributed by atoms with Crippen molar-refractivity contribution in [3.05, 3.63) is 60.2 Å². The van der Waals surface area contributed by atoms with Gasteiger partial charge in [0.2, 0.25) is 5.95 Å². The lowest BCUT2D eigenvalue weighted by molar-refractivity contribution is 0.0942. The number of amides is 1. The zero-order chi connectivity index (χ0) is 19.3. The topological polar surface area (TPSA) is 100 Å². The molecule has 9 nitrogen and oxygen atoms in total. The third-order valence-electron chi connectivity index (χ3n) is 4.50. The second-order valence-electron chi connectivity index (χ2n) is 6.44. The molecule has 3 aromatic heterocycles. The van der Waals surface area contributed by atoms with Crippen molar-refractivity contribution in [2.75, 3.05) is 36.0 Å². The van der Waals surface area contributed by atoms with Crippen LogP contribution in [-0.4, -0.2) is 52.0 Å². The molecule has 1 fully saturated rings. The summed E-state index contributed by atoms with van der Waals surface area (Å²) < 4.78 is 5.24. The largest absolute Gasteiger partial charge is 0.467 e. The Balaban J connectivity index is 1.42. The lowest BCUT2D eigenvalue weighted by Gasteiger charge is -2.35. The molecule has 0 spiro atoms. The summed E-state index contributed by atoms with van der Waals surface area (Å²) in [6, 6.07) is 7.14. The Morgan fingerprint density at radius 3 is 2.57 bits per heavy atom. The number of piperazine rings is 1. The Bertz CT molecular complexity index is 923. The van der Waals surface area contributed by atoms with Gasteiger partial charge in [0, 0.05) is 44.6 Å². The smallest absolute Gasteiger partial charge is 0.270 e. The van der Waals surface area contributed by atoms with E-state index >= 15 is 0 Å². The average molecular weight is 379 g/mol. The molecular formula is C19H21N7O2. The number of hydrogen-bond acceptors (Lipinski definition) is 8. The fourth-order valence-corrected chi connectivity index (χ4v) is 3.09. The zero-order valence-corrected chi connectivity index (χ0v) is 15.6. The molecule has 0 bridgehead atoms. The predicted molar refractivity (Wildman–Crippen MR) is 103 cm³/mol. The van der Waals surface area contributed by atoms with E-state index in [1.165, 1.54) is 0 Å². The third-order valence-corrected chi connectivity index (χ3v) is 4.50. The fraction of sp³-hybridized carbons (Fsp3) is 0.316. The monoisotopic (exact) mass is 379 g/mol. The highest BCUT2D eigenvalue weighted by Gasteiger charge is 2.21. The molecule has 3 aromatic rings. The van der Waals surface area contributed by atoms with Crippen LogP contribution in [0, 0.1) is 6.92 Å². The molecule has 0 atom stereocenters. The molecule has 0 radical (unpaired) electrons. The maximum atomic E-state index is 12.5. The first-order valence-electron chi connectivity index (χ1n) is 9.12. The number of aryl methyl sites for hydroxylation is 1. The van der Waals surface area contributed by atoms with Crippen LogP contribution in [-0.2, 0) is 6.54 Å². The van der Waals surface area contributed by atoms with Gasteiger partial charge in [0.25, 0.3) is 5.91 Å². The first kappa shape index (κ1) is 17.9. The van der Waals surface area contributed by atoms with Gasteiger partial charge in [-0.1, -0.05) is 0 Å². The molecule has 9 heteroatoms. The molecule has 1 amide bonds. The van der Waals surface area contributed by atoms with E-state index in [1.807, 2.05) is 12.1 Å². The van der Waals surface area contributed by atoms with E-state index in [0.717, 1.165) is 37.9 Å². The van der Waals surface area contributed by atoms with Crippen LogP contribution in [0.4, 0.5) is 11.8 Å². The van der Waals surface area contributed by atoms with Crippen LogP contribution in [0.2, 0.25) is 0 Å². The van der Waals surface area contributed by atoms with Gasteiger partial charge >= 0.3 is 0 Å². The van der Waals surface area contributed by atoms with E-state index in [4.69, 9.17) is 4.42 Å². The van der Waals surface area contributed by atoms with Crippen molar-refractivity contribution in [2.24, 2.45) is 0 Å². The lowest BCUT2D eigenvalue weighted by atomic mass is 10.3. The highest BCUT2D eigenvalue weighted by Crippen LogP contribution is 2.17. The minimum absolute atomic E-state index is 0.250. The minimum atomic E-state index is -0.250. The maximum absolute atomic E-state index is 12.5. The van der Waals surface area contributed by atoms with Gasteiger partial charge in [0.15, 0.2) is 0 Å². The second kappa shape index (κ2) is 8.03. The van der Waals surface area contributed by atoms with Gasteiger partial charge in [0.05, 0.1) is 12.8 Å². The van der Waals surface area contributed by atoms with Gasteiger partial charge in [-0.15, -0.1) is 0 Å². The van der Waals surface area contributed by atoms with Crippen molar-refractivity contribution in [3.8, 4) is 0 Å². The summed E-state index contributed by atoms with van der Waals surface area (Å²) in [5, 5.41) is 2.82. The van der Waals surface area contributed by atoms with E-state index in [1.54, 1.807) is 37.7 Å². The number of carbonyl (C=O) groups excluding carboxylic acids is 1. The molecule has 0 aliphatic carbocycles. The molecule has 1 aliphatic heterocycles. The van der Waals surface area contributed by atoms with Gasteiger partial charge in [-0.05, 0) is 25.1 Å². The van der Waals surface area contributed by atoms with Gasteiger partial charge in [-0.3, -0.25) is 4.79 Å². The molecule has 1 aliphatic rings. The van der Waals surface area contributed by atoms with Crippen LogP contribution in [0.1, 0.15) is 22.1 Å². The van der Waals surface area contributed by atoms with Crippen LogP contribution >= 0.6 is 0 Å². The first-order chi connectivity index (χ1) is 13.7. The minimum Gasteiger partial charge on any atom is -0.467 e. The predicted octanol–water partition coefficient (Wildman–Crippen LogP) is 1.42. The molecule has 1 N–H and O–H groups in total. The number of anilines is 2. The highest BCUT2D eigenvalue weighted by atomic mass is 16.3. The standard InChI is InChI=1S/C19H21N7O2/c1-14-23-16(18(27)22-13-15-4-2-11-28-15)12-17(24-14)25-7-9-26(10-8-25)19-20-5-3-6-21-19/h2-6,11-12H,7-10,13H2,1H3,(H,22,27). The Morgan fingerprint density at radius 2 is 1.86 bits per heavy atom. The van der Waals surface area contributed by atoms with Crippen molar-refractivity contribution in [1.82, 2.24) is 25.3 Å². The average Bonchev–Trinajstić information content (AvgIpc) is 3.26.